The number of rotatable bonds is 6. The minimum absolute atomic E-state index is 0.0313. The molecule has 98 valence electrons. The lowest BCUT2D eigenvalue weighted by atomic mass is 9.94. The number of halogens is 1. The van der Waals surface area contributed by atoms with Crippen molar-refractivity contribution >= 4 is 22.2 Å². The summed E-state index contributed by atoms with van der Waals surface area (Å²) in [4.78, 5) is 11.0. The van der Waals surface area contributed by atoms with Crippen LogP contribution in [0.3, 0.4) is 0 Å². The Kier molecular flexibility index (Phi) is 5.05. The summed E-state index contributed by atoms with van der Waals surface area (Å²) in [5.74, 6) is 1.57. The van der Waals surface area contributed by atoms with Gasteiger partial charge in [0.25, 0.3) is 0 Å². The summed E-state index contributed by atoms with van der Waals surface area (Å²) in [6.45, 7) is 1.31. The van der Waals surface area contributed by atoms with Gasteiger partial charge >= 0.3 is 0 Å². The van der Waals surface area contributed by atoms with Crippen LogP contribution in [0.15, 0.2) is 18.2 Å². The molecule has 0 saturated heterocycles. The number of fused-ring (bicyclic) bond motifs is 1. The van der Waals surface area contributed by atoms with Crippen molar-refractivity contribution in [3.8, 4) is 11.5 Å². The van der Waals surface area contributed by atoms with Crippen molar-refractivity contribution in [1.82, 2.24) is 0 Å². The van der Waals surface area contributed by atoms with Gasteiger partial charge in [-0.05, 0) is 25.3 Å². The molecule has 0 amide bonds. The molecule has 1 unspecified atom stereocenters. The normalized spacial score (nSPS) is 17.7. The molecular weight excluding hydrogens is 296 g/mol. The van der Waals surface area contributed by atoms with Crippen LogP contribution in [0.4, 0.5) is 0 Å². The van der Waals surface area contributed by atoms with Crippen molar-refractivity contribution in [2.75, 3.05) is 18.5 Å². The van der Waals surface area contributed by atoms with E-state index < -0.39 is 0 Å². The SMILES string of the molecule is O=CC1CCOc2cc(OCCCCBr)ccc21. The zero-order chi connectivity index (χ0) is 12.8. The highest BCUT2D eigenvalue weighted by atomic mass is 79.9. The third-order valence-electron chi connectivity index (χ3n) is 3.03. The fourth-order valence-corrected chi connectivity index (χ4v) is 2.41. The highest BCUT2D eigenvalue weighted by Crippen LogP contribution is 2.35. The van der Waals surface area contributed by atoms with E-state index in [1.807, 2.05) is 18.2 Å². The molecule has 4 heteroatoms. The van der Waals surface area contributed by atoms with E-state index in [0.717, 1.165) is 47.9 Å². The topological polar surface area (TPSA) is 35.5 Å². The fraction of sp³-hybridized carbons (Fsp3) is 0.500. The molecule has 0 saturated carbocycles. The number of unbranched alkanes of at least 4 members (excludes halogenated alkanes) is 1. The van der Waals surface area contributed by atoms with Gasteiger partial charge in [0.1, 0.15) is 17.8 Å². The van der Waals surface area contributed by atoms with Crippen molar-refractivity contribution in [2.45, 2.75) is 25.2 Å². The number of hydrogen-bond acceptors (Lipinski definition) is 3. The average Bonchev–Trinajstić information content (AvgIpc) is 2.42. The molecule has 0 N–H and O–H groups in total. The van der Waals surface area contributed by atoms with Crippen LogP contribution in [-0.4, -0.2) is 24.8 Å². The predicted octanol–water partition coefficient (Wildman–Crippen LogP) is 3.31. The third kappa shape index (κ3) is 3.25. The van der Waals surface area contributed by atoms with Gasteiger partial charge in [-0.3, -0.25) is 0 Å². The maximum Gasteiger partial charge on any atom is 0.127 e. The second-order valence-electron chi connectivity index (χ2n) is 4.32. The maximum atomic E-state index is 11.0. The van der Waals surface area contributed by atoms with Gasteiger partial charge in [-0.2, -0.15) is 0 Å². The van der Waals surface area contributed by atoms with Crippen molar-refractivity contribution in [3.63, 3.8) is 0 Å². The fourth-order valence-electron chi connectivity index (χ4n) is 2.02. The van der Waals surface area contributed by atoms with E-state index in [1.54, 1.807) is 0 Å². The van der Waals surface area contributed by atoms with Gasteiger partial charge in [-0.15, -0.1) is 0 Å². The molecule has 1 aromatic carbocycles. The molecule has 0 spiro atoms. The molecule has 0 bridgehead atoms. The summed E-state index contributed by atoms with van der Waals surface area (Å²) >= 11 is 3.39. The van der Waals surface area contributed by atoms with Crippen LogP contribution in [0.25, 0.3) is 0 Å². The van der Waals surface area contributed by atoms with E-state index >= 15 is 0 Å². The Bertz CT molecular complexity index is 406. The van der Waals surface area contributed by atoms with Gasteiger partial charge in [0.15, 0.2) is 0 Å². The lowest BCUT2D eigenvalue weighted by Gasteiger charge is -2.22. The first kappa shape index (κ1) is 13.4. The highest BCUT2D eigenvalue weighted by molar-refractivity contribution is 9.09. The summed E-state index contributed by atoms with van der Waals surface area (Å²) in [6.07, 6.45) is 3.90. The Morgan fingerprint density at radius 2 is 2.33 bits per heavy atom. The van der Waals surface area contributed by atoms with Crippen LogP contribution in [0.2, 0.25) is 0 Å². The molecule has 3 nitrogen and oxygen atoms in total. The van der Waals surface area contributed by atoms with Crippen molar-refractivity contribution in [2.24, 2.45) is 0 Å². The minimum atomic E-state index is -0.0313. The lowest BCUT2D eigenvalue weighted by Crippen LogP contribution is -2.15. The molecular formula is C14H17BrO3. The van der Waals surface area contributed by atoms with E-state index in [-0.39, 0.29) is 5.92 Å². The predicted molar refractivity (Wildman–Crippen MR) is 73.9 cm³/mol. The highest BCUT2D eigenvalue weighted by Gasteiger charge is 2.21. The molecule has 0 radical (unpaired) electrons. The van der Waals surface area contributed by atoms with Crippen LogP contribution in [0, 0.1) is 0 Å². The van der Waals surface area contributed by atoms with Crippen molar-refractivity contribution in [3.05, 3.63) is 23.8 Å². The zero-order valence-electron chi connectivity index (χ0n) is 10.2. The number of hydrogen-bond donors (Lipinski definition) is 0. The second-order valence-corrected chi connectivity index (χ2v) is 5.12. The molecule has 1 aliphatic rings. The summed E-state index contributed by atoms with van der Waals surface area (Å²) in [5.41, 5.74) is 0.976. The van der Waals surface area contributed by atoms with Crippen LogP contribution >= 0.6 is 15.9 Å². The van der Waals surface area contributed by atoms with Gasteiger partial charge in [-0.25, -0.2) is 0 Å². The average molecular weight is 313 g/mol. The van der Waals surface area contributed by atoms with Gasteiger partial charge < -0.3 is 14.3 Å². The first-order valence-corrected chi connectivity index (χ1v) is 7.38. The van der Waals surface area contributed by atoms with Crippen LogP contribution < -0.4 is 9.47 Å². The number of carbonyl (C=O) groups is 1. The maximum absolute atomic E-state index is 11.0. The molecule has 0 fully saturated rings. The van der Waals surface area contributed by atoms with Crippen LogP contribution in [0.5, 0.6) is 11.5 Å². The molecule has 1 atom stereocenters. The van der Waals surface area contributed by atoms with E-state index in [9.17, 15) is 4.79 Å². The number of carbonyl (C=O) groups excluding carboxylic acids is 1. The van der Waals surface area contributed by atoms with Crippen LogP contribution in [-0.2, 0) is 4.79 Å². The Balaban J connectivity index is 2.00. The summed E-state index contributed by atoms with van der Waals surface area (Å²) in [6, 6.07) is 5.74. The number of alkyl halides is 1. The van der Waals surface area contributed by atoms with E-state index in [0.29, 0.717) is 13.2 Å². The standard InChI is InChI=1S/C14H17BrO3/c15-6-1-2-7-17-12-3-4-13-11(10-16)5-8-18-14(13)9-12/h3-4,9-11H,1-2,5-8H2. The molecule has 0 aromatic heterocycles. The molecule has 1 aliphatic heterocycles. The van der Waals surface area contributed by atoms with Gasteiger partial charge in [-0.1, -0.05) is 22.0 Å². The molecule has 18 heavy (non-hydrogen) atoms. The van der Waals surface area contributed by atoms with Gasteiger partial charge in [0.05, 0.1) is 13.2 Å². The Morgan fingerprint density at radius 1 is 1.44 bits per heavy atom. The first-order valence-electron chi connectivity index (χ1n) is 6.26. The molecule has 1 aromatic rings. The quantitative estimate of drug-likeness (QED) is 0.459. The Morgan fingerprint density at radius 3 is 3.11 bits per heavy atom. The van der Waals surface area contributed by atoms with E-state index in [2.05, 4.69) is 15.9 Å². The van der Waals surface area contributed by atoms with Crippen molar-refractivity contribution in [1.29, 1.82) is 0 Å². The summed E-state index contributed by atoms with van der Waals surface area (Å²) < 4.78 is 11.2. The first-order chi connectivity index (χ1) is 8.85. The second kappa shape index (κ2) is 6.78. The number of benzene rings is 1. The summed E-state index contributed by atoms with van der Waals surface area (Å²) in [5, 5.41) is 1.00. The molecule has 1 heterocycles. The monoisotopic (exact) mass is 312 g/mol. The number of aldehydes is 1. The van der Waals surface area contributed by atoms with E-state index in [4.69, 9.17) is 9.47 Å². The van der Waals surface area contributed by atoms with Gasteiger partial charge in [0, 0.05) is 22.9 Å². The molecule has 2 rings (SSSR count). The number of ether oxygens (including phenoxy) is 2. The Hall–Kier alpha value is -1.03. The smallest absolute Gasteiger partial charge is 0.127 e. The minimum Gasteiger partial charge on any atom is -0.493 e. The zero-order valence-corrected chi connectivity index (χ0v) is 11.8. The third-order valence-corrected chi connectivity index (χ3v) is 3.59. The molecule has 0 aliphatic carbocycles. The van der Waals surface area contributed by atoms with Gasteiger partial charge in [0.2, 0.25) is 0 Å². The summed E-state index contributed by atoms with van der Waals surface area (Å²) in [7, 11) is 0. The van der Waals surface area contributed by atoms with E-state index in [1.165, 1.54) is 0 Å². The largest absolute Gasteiger partial charge is 0.493 e. The Labute approximate surface area is 116 Å². The van der Waals surface area contributed by atoms with Crippen LogP contribution in [0.1, 0.15) is 30.7 Å². The lowest BCUT2D eigenvalue weighted by molar-refractivity contribution is -0.109. The van der Waals surface area contributed by atoms with Crippen molar-refractivity contribution < 1.29 is 14.3 Å².